The van der Waals surface area contributed by atoms with E-state index < -0.39 is 11.9 Å². The van der Waals surface area contributed by atoms with Crippen molar-refractivity contribution >= 4 is 40.2 Å². The van der Waals surface area contributed by atoms with Crippen molar-refractivity contribution in [2.24, 2.45) is 0 Å². The van der Waals surface area contributed by atoms with Crippen LogP contribution in [0.5, 0.6) is 0 Å². The van der Waals surface area contributed by atoms with Gasteiger partial charge in [0.1, 0.15) is 0 Å². The van der Waals surface area contributed by atoms with Crippen molar-refractivity contribution in [3.8, 4) is 0 Å². The normalized spacial score (nSPS) is 10.9. The number of nitrogens with one attached hydrogen (secondary N) is 1. The van der Waals surface area contributed by atoms with Crippen molar-refractivity contribution in [1.29, 1.82) is 0 Å². The van der Waals surface area contributed by atoms with Crippen molar-refractivity contribution < 1.29 is 19.1 Å². The summed E-state index contributed by atoms with van der Waals surface area (Å²) >= 11 is 2.17. The molecular weight excluding hydrogens is 385 g/mol. The van der Waals surface area contributed by atoms with Crippen LogP contribution in [0.15, 0.2) is 36.0 Å². The summed E-state index contributed by atoms with van der Waals surface area (Å²) in [5.74, 6) is -0.887. The molecule has 1 rings (SSSR count). The maximum absolute atomic E-state index is 11.6. The van der Waals surface area contributed by atoms with Crippen LogP contribution >= 0.6 is 22.6 Å². The molecule has 0 aromatic heterocycles. The van der Waals surface area contributed by atoms with Crippen molar-refractivity contribution in [2.75, 3.05) is 18.5 Å². The first-order valence-corrected chi connectivity index (χ1v) is 7.69. The summed E-state index contributed by atoms with van der Waals surface area (Å²) in [5.41, 5.74) is 1.26. The van der Waals surface area contributed by atoms with E-state index in [9.17, 15) is 9.59 Å². The summed E-state index contributed by atoms with van der Waals surface area (Å²) in [6.07, 6.45) is 1.27. The molecule has 0 atom stereocenters. The van der Waals surface area contributed by atoms with Gasteiger partial charge in [-0.15, -0.1) is 0 Å². The molecule has 0 fully saturated rings. The topological polar surface area (TPSA) is 64.6 Å². The monoisotopic (exact) mass is 403 g/mol. The highest BCUT2D eigenvalue weighted by atomic mass is 127. The Bertz CT molecular complexity index is 528. The van der Waals surface area contributed by atoms with E-state index in [-0.39, 0.29) is 13.0 Å². The number of carbonyl (C=O) groups excluding carboxylic acids is 2. The standard InChI is InChI=1S/C15H18INO4/c1-3-20-14(18)9-11(10-15(19)21-4-2)17-13-8-6-5-7-12(13)16/h5-9,17H,3-4,10H2,1-2H3/b11-9+. The summed E-state index contributed by atoms with van der Waals surface area (Å²) < 4.78 is 10.8. The highest BCUT2D eigenvalue weighted by Crippen LogP contribution is 2.20. The number of para-hydroxylation sites is 1. The highest BCUT2D eigenvalue weighted by Gasteiger charge is 2.11. The van der Waals surface area contributed by atoms with Crippen LogP contribution in [0.1, 0.15) is 20.3 Å². The van der Waals surface area contributed by atoms with E-state index in [1.807, 2.05) is 24.3 Å². The number of carbonyl (C=O) groups is 2. The van der Waals surface area contributed by atoms with Crippen molar-refractivity contribution in [2.45, 2.75) is 20.3 Å². The number of anilines is 1. The van der Waals surface area contributed by atoms with Gasteiger partial charge in [-0.05, 0) is 48.6 Å². The number of benzene rings is 1. The fraction of sp³-hybridized carbons (Fsp3) is 0.333. The van der Waals surface area contributed by atoms with E-state index in [0.717, 1.165) is 9.26 Å². The number of esters is 2. The maximum atomic E-state index is 11.6. The summed E-state index contributed by atoms with van der Waals surface area (Å²) in [7, 11) is 0. The van der Waals surface area contributed by atoms with Crippen molar-refractivity contribution in [3.63, 3.8) is 0 Å². The lowest BCUT2D eigenvalue weighted by Crippen LogP contribution is -2.13. The Morgan fingerprint density at radius 1 is 1.19 bits per heavy atom. The van der Waals surface area contributed by atoms with E-state index in [1.54, 1.807) is 13.8 Å². The molecule has 0 spiro atoms. The second kappa shape index (κ2) is 9.38. The number of hydrogen-bond acceptors (Lipinski definition) is 5. The lowest BCUT2D eigenvalue weighted by atomic mass is 10.2. The minimum absolute atomic E-state index is 0.0162. The molecule has 1 N–H and O–H groups in total. The first kappa shape index (κ1) is 17.5. The molecule has 0 heterocycles. The van der Waals surface area contributed by atoms with Gasteiger partial charge in [-0.3, -0.25) is 4.79 Å². The van der Waals surface area contributed by atoms with Gasteiger partial charge < -0.3 is 14.8 Å². The first-order chi connectivity index (χ1) is 10.1. The van der Waals surface area contributed by atoms with Gasteiger partial charge in [-0.25, -0.2) is 4.79 Å². The van der Waals surface area contributed by atoms with Gasteiger partial charge in [-0.2, -0.15) is 0 Å². The Balaban J connectivity index is 2.88. The molecule has 0 radical (unpaired) electrons. The van der Waals surface area contributed by atoms with E-state index in [0.29, 0.717) is 12.3 Å². The van der Waals surface area contributed by atoms with Crippen LogP contribution < -0.4 is 5.32 Å². The average Bonchev–Trinajstić information content (AvgIpc) is 2.41. The third-order valence-corrected chi connectivity index (χ3v) is 3.33. The number of ether oxygens (including phenoxy) is 2. The van der Waals surface area contributed by atoms with Crippen molar-refractivity contribution in [3.05, 3.63) is 39.6 Å². The number of rotatable bonds is 7. The molecule has 0 aliphatic carbocycles. The minimum atomic E-state index is -0.491. The summed E-state index contributed by atoms with van der Waals surface area (Å²) in [5, 5.41) is 3.08. The van der Waals surface area contributed by atoms with Crippen LogP contribution in [0.25, 0.3) is 0 Å². The molecule has 0 amide bonds. The predicted octanol–water partition coefficient (Wildman–Crippen LogP) is 3.10. The predicted molar refractivity (Wildman–Crippen MR) is 88.7 cm³/mol. The van der Waals surface area contributed by atoms with Gasteiger partial charge in [0.15, 0.2) is 0 Å². The van der Waals surface area contributed by atoms with Crippen LogP contribution in [0.4, 0.5) is 5.69 Å². The zero-order valence-electron chi connectivity index (χ0n) is 12.0. The van der Waals surface area contributed by atoms with E-state index >= 15 is 0 Å². The lowest BCUT2D eigenvalue weighted by Gasteiger charge is -2.12. The largest absolute Gasteiger partial charge is 0.466 e. The maximum Gasteiger partial charge on any atom is 0.332 e. The molecule has 1 aromatic rings. The van der Waals surface area contributed by atoms with E-state index in [2.05, 4.69) is 27.9 Å². The van der Waals surface area contributed by atoms with Crippen LogP contribution in [0, 0.1) is 3.57 Å². The fourth-order valence-electron chi connectivity index (χ4n) is 1.56. The smallest absolute Gasteiger partial charge is 0.332 e. The van der Waals surface area contributed by atoms with Crippen LogP contribution in [0.3, 0.4) is 0 Å². The third kappa shape index (κ3) is 6.61. The summed E-state index contributed by atoms with van der Waals surface area (Å²) in [4.78, 5) is 23.2. The van der Waals surface area contributed by atoms with E-state index in [1.165, 1.54) is 6.08 Å². The Labute approximate surface area is 137 Å². The molecule has 0 saturated heterocycles. The first-order valence-electron chi connectivity index (χ1n) is 6.61. The molecular formula is C15H18INO4. The molecule has 5 nitrogen and oxygen atoms in total. The fourth-order valence-corrected chi connectivity index (χ4v) is 2.08. The molecule has 0 aliphatic rings. The molecule has 0 saturated carbocycles. The third-order valence-electron chi connectivity index (χ3n) is 2.39. The lowest BCUT2D eigenvalue weighted by molar-refractivity contribution is -0.142. The van der Waals surface area contributed by atoms with Gasteiger partial charge >= 0.3 is 11.9 Å². The van der Waals surface area contributed by atoms with Crippen molar-refractivity contribution in [1.82, 2.24) is 0 Å². The molecule has 6 heteroatoms. The Morgan fingerprint density at radius 2 is 1.86 bits per heavy atom. The molecule has 1 aromatic carbocycles. The molecule has 0 bridgehead atoms. The van der Waals surface area contributed by atoms with Crippen LogP contribution in [0.2, 0.25) is 0 Å². The zero-order valence-corrected chi connectivity index (χ0v) is 14.2. The van der Waals surface area contributed by atoms with Gasteiger partial charge in [0.05, 0.1) is 25.3 Å². The molecule has 0 aliphatic heterocycles. The minimum Gasteiger partial charge on any atom is -0.466 e. The SMILES string of the molecule is CCOC(=O)/C=C(\CC(=O)OCC)Nc1ccccc1I. The molecule has 114 valence electrons. The van der Waals surface area contributed by atoms with Gasteiger partial charge in [0.25, 0.3) is 0 Å². The number of halogens is 1. The van der Waals surface area contributed by atoms with Crippen LogP contribution in [-0.2, 0) is 19.1 Å². The van der Waals surface area contributed by atoms with Gasteiger partial charge in [-0.1, -0.05) is 12.1 Å². The average molecular weight is 403 g/mol. The Hall–Kier alpha value is -1.57. The second-order valence-corrected chi connectivity index (χ2v) is 5.17. The Kier molecular flexibility index (Phi) is 7.81. The highest BCUT2D eigenvalue weighted by molar-refractivity contribution is 14.1. The molecule has 21 heavy (non-hydrogen) atoms. The summed E-state index contributed by atoms with van der Waals surface area (Å²) in [6, 6.07) is 7.57. The van der Waals surface area contributed by atoms with Gasteiger partial charge in [0.2, 0.25) is 0 Å². The van der Waals surface area contributed by atoms with Crippen LogP contribution in [-0.4, -0.2) is 25.2 Å². The quantitative estimate of drug-likeness (QED) is 0.431. The number of hydrogen-bond donors (Lipinski definition) is 1. The second-order valence-electron chi connectivity index (χ2n) is 4.01. The Morgan fingerprint density at radius 3 is 2.48 bits per heavy atom. The zero-order chi connectivity index (χ0) is 15.7. The van der Waals surface area contributed by atoms with Gasteiger partial charge in [0, 0.05) is 15.3 Å². The molecule has 0 unspecified atom stereocenters. The summed E-state index contributed by atoms with van der Waals surface area (Å²) in [6.45, 7) is 4.05. The van der Waals surface area contributed by atoms with E-state index in [4.69, 9.17) is 9.47 Å².